The van der Waals surface area contributed by atoms with Crippen LogP contribution >= 0.6 is 12.4 Å². The molecule has 0 radical (unpaired) electrons. The first-order valence-corrected chi connectivity index (χ1v) is 10.5. The fourth-order valence-corrected chi connectivity index (χ4v) is 4.93. The zero-order valence-corrected chi connectivity index (χ0v) is 18.8. The lowest BCUT2D eigenvalue weighted by atomic mass is 9.90. The number of amides is 1. The molecule has 0 aromatic heterocycles. The Morgan fingerprint density at radius 3 is 2.15 bits per heavy atom. The second-order valence-corrected chi connectivity index (χ2v) is 9.49. The molecule has 1 unspecified atom stereocenters. The molecule has 8 heteroatoms. The number of benzene rings is 1. The highest BCUT2D eigenvalue weighted by molar-refractivity contribution is 7.89. The molecule has 0 aliphatic rings. The smallest absolute Gasteiger partial charge is 0.241 e. The average molecular weight is 420 g/mol. The van der Waals surface area contributed by atoms with Crippen LogP contribution in [-0.2, 0) is 14.8 Å². The highest BCUT2D eigenvalue weighted by Gasteiger charge is 2.26. The first kappa shape index (κ1) is 25.9. The second-order valence-electron chi connectivity index (χ2n) is 7.79. The third-order valence-electron chi connectivity index (χ3n) is 4.27. The quantitative estimate of drug-likeness (QED) is 0.572. The van der Waals surface area contributed by atoms with Crippen LogP contribution in [0.3, 0.4) is 0 Å². The Morgan fingerprint density at radius 1 is 1.19 bits per heavy atom. The van der Waals surface area contributed by atoms with Gasteiger partial charge in [-0.05, 0) is 51.2 Å². The highest BCUT2D eigenvalue weighted by Crippen LogP contribution is 2.21. The van der Waals surface area contributed by atoms with Crippen LogP contribution in [0.1, 0.15) is 50.3 Å². The van der Waals surface area contributed by atoms with E-state index in [1.54, 1.807) is 13.8 Å². The molecule has 0 spiro atoms. The number of nitrogens with one attached hydrogen (secondary N) is 2. The lowest BCUT2D eigenvalue weighted by Crippen LogP contribution is -2.52. The molecule has 27 heavy (non-hydrogen) atoms. The number of nitrogens with two attached hydrogens (primary N) is 1. The zero-order chi connectivity index (χ0) is 20.1. The van der Waals surface area contributed by atoms with Crippen LogP contribution in [0.15, 0.2) is 17.0 Å². The van der Waals surface area contributed by atoms with E-state index in [0.29, 0.717) is 23.6 Å². The van der Waals surface area contributed by atoms with Crippen LogP contribution in [0.5, 0.6) is 0 Å². The largest absolute Gasteiger partial charge is 0.350 e. The van der Waals surface area contributed by atoms with Crippen LogP contribution in [-0.4, -0.2) is 33.0 Å². The molecule has 0 saturated heterocycles. The van der Waals surface area contributed by atoms with Crippen molar-refractivity contribution in [1.82, 2.24) is 10.0 Å². The van der Waals surface area contributed by atoms with Crippen molar-refractivity contribution in [3.63, 3.8) is 0 Å². The average Bonchev–Trinajstić information content (AvgIpc) is 2.44. The van der Waals surface area contributed by atoms with Crippen molar-refractivity contribution in [1.29, 1.82) is 0 Å². The second kappa shape index (κ2) is 10.4. The number of carbonyl (C=O) groups excluding carboxylic acids is 1. The van der Waals surface area contributed by atoms with Gasteiger partial charge in [0.1, 0.15) is 0 Å². The monoisotopic (exact) mass is 419 g/mol. The summed E-state index contributed by atoms with van der Waals surface area (Å²) in [6, 6.07) is 3.68. The molecule has 0 saturated carbocycles. The maximum Gasteiger partial charge on any atom is 0.241 e. The van der Waals surface area contributed by atoms with Gasteiger partial charge in [-0.15, -0.1) is 12.4 Å². The summed E-state index contributed by atoms with van der Waals surface area (Å²) in [5.41, 5.74) is 7.74. The van der Waals surface area contributed by atoms with Crippen molar-refractivity contribution in [2.45, 2.75) is 64.8 Å². The lowest BCUT2D eigenvalue weighted by molar-refractivity contribution is -0.122. The lowest BCUT2D eigenvalue weighted by Gasteiger charge is -2.31. The summed E-state index contributed by atoms with van der Waals surface area (Å²) in [4.78, 5) is 12.5. The summed E-state index contributed by atoms with van der Waals surface area (Å²) in [6.07, 6.45) is 0.833. The number of sulfonamides is 1. The Kier molecular flexibility index (Phi) is 9.97. The van der Waals surface area contributed by atoms with Crippen molar-refractivity contribution >= 4 is 28.3 Å². The topological polar surface area (TPSA) is 101 Å². The number of hydrogen-bond acceptors (Lipinski definition) is 4. The number of rotatable bonds is 9. The van der Waals surface area contributed by atoms with Gasteiger partial charge in [-0.3, -0.25) is 4.79 Å². The van der Waals surface area contributed by atoms with E-state index in [4.69, 9.17) is 5.73 Å². The van der Waals surface area contributed by atoms with Crippen LogP contribution in [0, 0.1) is 26.7 Å². The summed E-state index contributed by atoms with van der Waals surface area (Å²) >= 11 is 0. The van der Waals surface area contributed by atoms with E-state index in [-0.39, 0.29) is 36.2 Å². The van der Waals surface area contributed by atoms with Crippen molar-refractivity contribution in [3.05, 3.63) is 28.8 Å². The van der Waals surface area contributed by atoms with Crippen molar-refractivity contribution < 1.29 is 13.2 Å². The standard InChI is InChI=1S/C19H33N3O3S.ClH/c1-13(2)11-19(6,12-20)22-17(23)7-8-21-26(24,25)18-15(4)9-14(3)10-16(18)5;/h9-10,13,21H,7-8,11-12,20H2,1-6H3,(H,22,23);1H. The molecule has 1 atom stereocenters. The molecule has 0 aliphatic carbocycles. The van der Waals surface area contributed by atoms with Crippen LogP contribution in [0.4, 0.5) is 0 Å². The van der Waals surface area contributed by atoms with Gasteiger partial charge in [0.15, 0.2) is 0 Å². The molecular weight excluding hydrogens is 386 g/mol. The summed E-state index contributed by atoms with van der Waals surface area (Å²) in [7, 11) is -3.66. The van der Waals surface area contributed by atoms with Gasteiger partial charge in [-0.2, -0.15) is 0 Å². The van der Waals surface area contributed by atoms with E-state index >= 15 is 0 Å². The summed E-state index contributed by atoms with van der Waals surface area (Å²) in [6.45, 7) is 11.9. The minimum Gasteiger partial charge on any atom is -0.350 e. The predicted molar refractivity (Wildman–Crippen MR) is 113 cm³/mol. The highest BCUT2D eigenvalue weighted by atomic mass is 35.5. The van der Waals surface area contributed by atoms with Crippen LogP contribution in [0.25, 0.3) is 0 Å². The Balaban J connectivity index is 0.00000676. The van der Waals surface area contributed by atoms with Gasteiger partial charge in [-0.1, -0.05) is 31.5 Å². The minimum atomic E-state index is -3.66. The molecule has 1 aromatic carbocycles. The van der Waals surface area contributed by atoms with Crippen molar-refractivity contribution in [3.8, 4) is 0 Å². The van der Waals surface area contributed by atoms with Gasteiger partial charge >= 0.3 is 0 Å². The van der Waals surface area contributed by atoms with E-state index in [1.807, 2.05) is 26.0 Å². The van der Waals surface area contributed by atoms with Gasteiger partial charge in [0.2, 0.25) is 15.9 Å². The van der Waals surface area contributed by atoms with Crippen LogP contribution in [0.2, 0.25) is 0 Å². The van der Waals surface area contributed by atoms with E-state index in [9.17, 15) is 13.2 Å². The molecule has 1 rings (SSSR count). The maximum absolute atomic E-state index is 12.6. The molecule has 0 fully saturated rings. The molecule has 1 aromatic rings. The van der Waals surface area contributed by atoms with Crippen molar-refractivity contribution in [2.24, 2.45) is 11.7 Å². The normalized spacial score (nSPS) is 13.8. The van der Waals surface area contributed by atoms with Gasteiger partial charge in [0.25, 0.3) is 0 Å². The Morgan fingerprint density at radius 2 is 1.70 bits per heavy atom. The Hall–Kier alpha value is -1.15. The first-order chi connectivity index (χ1) is 11.9. The fourth-order valence-electron chi connectivity index (χ4n) is 3.45. The van der Waals surface area contributed by atoms with Gasteiger partial charge in [-0.25, -0.2) is 13.1 Å². The van der Waals surface area contributed by atoms with E-state index in [1.165, 1.54) is 0 Å². The zero-order valence-electron chi connectivity index (χ0n) is 17.2. The third-order valence-corrected chi connectivity index (χ3v) is 6.03. The molecule has 0 bridgehead atoms. The number of hydrogen-bond donors (Lipinski definition) is 3. The SMILES string of the molecule is Cc1cc(C)c(S(=O)(=O)NCCC(=O)NC(C)(CN)CC(C)C)c(C)c1.Cl. The van der Waals surface area contributed by atoms with Gasteiger partial charge in [0.05, 0.1) is 4.90 Å². The summed E-state index contributed by atoms with van der Waals surface area (Å²) in [5.74, 6) is 0.188. The molecule has 4 N–H and O–H groups in total. The van der Waals surface area contributed by atoms with Gasteiger partial charge in [0, 0.05) is 25.0 Å². The molecule has 6 nitrogen and oxygen atoms in total. The number of aryl methyl sites for hydroxylation is 3. The maximum atomic E-state index is 12.6. The van der Waals surface area contributed by atoms with Crippen LogP contribution < -0.4 is 15.8 Å². The Labute approximate surface area is 170 Å². The molecule has 1 amide bonds. The minimum absolute atomic E-state index is 0. The van der Waals surface area contributed by atoms with Gasteiger partial charge < -0.3 is 11.1 Å². The van der Waals surface area contributed by atoms with E-state index in [0.717, 1.165) is 12.0 Å². The van der Waals surface area contributed by atoms with E-state index in [2.05, 4.69) is 23.9 Å². The summed E-state index contributed by atoms with van der Waals surface area (Å²) < 4.78 is 27.7. The number of halogens is 1. The molecular formula is C19H34ClN3O3S. The molecule has 156 valence electrons. The van der Waals surface area contributed by atoms with Crippen molar-refractivity contribution in [2.75, 3.05) is 13.1 Å². The number of carbonyl (C=O) groups is 1. The first-order valence-electron chi connectivity index (χ1n) is 8.99. The predicted octanol–water partition coefficient (Wildman–Crippen LogP) is 2.58. The third kappa shape index (κ3) is 7.78. The molecule has 0 aliphatic heterocycles. The fraction of sp³-hybridized carbons (Fsp3) is 0.632. The molecule has 0 heterocycles. The summed E-state index contributed by atoms with van der Waals surface area (Å²) in [5, 5.41) is 2.93. The van der Waals surface area contributed by atoms with E-state index < -0.39 is 15.6 Å². The Bertz CT molecular complexity index is 728.